The lowest BCUT2D eigenvalue weighted by Crippen LogP contribution is -2.35. The van der Waals surface area contributed by atoms with Crippen molar-refractivity contribution < 1.29 is 22.7 Å². The minimum Gasteiger partial charge on any atom is -0.388 e. The molecule has 27 heavy (non-hydrogen) atoms. The number of nitrogens with zero attached hydrogens (tertiary/aromatic N) is 4. The third-order valence-electron chi connectivity index (χ3n) is 3.85. The van der Waals surface area contributed by atoms with Crippen LogP contribution in [0.2, 0.25) is 5.15 Å². The number of rotatable bonds is 4. The van der Waals surface area contributed by atoms with Crippen LogP contribution in [0.1, 0.15) is 31.0 Å². The van der Waals surface area contributed by atoms with E-state index < -0.39 is 29.2 Å². The number of nitrogens with one attached hydrogen (secondary N) is 1. The van der Waals surface area contributed by atoms with Crippen molar-refractivity contribution in [3.63, 3.8) is 0 Å². The van der Waals surface area contributed by atoms with E-state index in [2.05, 4.69) is 20.4 Å². The summed E-state index contributed by atoms with van der Waals surface area (Å²) in [5.74, 6) is -0.984. The van der Waals surface area contributed by atoms with Gasteiger partial charge in [0, 0.05) is 6.07 Å². The maximum atomic E-state index is 14.0. The van der Waals surface area contributed by atoms with E-state index in [9.17, 15) is 22.7 Å². The molecule has 0 spiro atoms. The Morgan fingerprint density at radius 3 is 2.52 bits per heavy atom. The molecular weight excluding hydrogens is 390 g/mol. The van der Waals surface area contributed by atoms with Crippen LogP contribution in [0.15, 0.2) is 30.6 Å². The fourth-order valence-corrected chi connectivity index (χ4v) is 2.82. The molecule has 1 unspecified atom stereocenters. The van der Waals surface area contributed by atoms with Crippen molar-refractivity contribution in [2.45, 2.75) is 31.7 Å². The SMILES string of the molecule is CC(C)(O)C(Nc1cc(Cl)nc2ncnn12)c1ccc(C(F)(F)F)c(F)c1. The van der Waals surface area contributed by atoms with Crippen LogP contribution >= 0.6 is 11.6 Å². The Labute approximate surface area is 155 Å². The Balaban J connectivity index is 2.05. The maximum Gasteiger partial charge on any atom is 0.419 e. The van der Waals surface area contributed by atoms with Gasteiger partial charge in [-0.05, 0) is 31.5 Å². The van der Waals surface area contributed by atoms with E-state index in [0.29, 0.717) is 6.07 Å². The van der Waals surface area contributed by atoms with Gasteiger partial charge in [0.1, 0.15) is 23.1 Å². The molecule has 0 aliphatic carbocycles. The van der Waals surface area contributed by atoms with E-state index in [-0.39, 0.29) is 22.3 Å². The number of alkyl halides is 3. The molecule has 0 radical (unpaired) electrons. The summed E-state index contributed by atoms with van der Waals surface area (Å²) >= 11 is 5.94. The van der Waals surface area contributed by atoms with Crippen LogP contribution in [-0.4, -0.2) is 30.3 Å². The number of aliphatic hydroxyl groups is 1. The predicted molar refractivity (Wildman–Crippen MR) is 89.9 cm³/mol. The topological polar surface area (TPSA) is 75.3 Å². The van der Waals surface area contributed by atoms with Gasteiger partial charge in [0.25, 0.3) is 5.78 Å². The van der Waals surface area contributed by atoms with E-state index in [4.69, 9.17) is 11.6 Å². The Hall–Kier alpha value is -2.46. The minimum absolute atomic E-state index is 0.0890. The first-order valence-electron chi connectivity index (χ1n) is 7.68. The molecule has 0 amide bonds. The summed E-state index contributed by atoms with van der Waals surface area (Å²) < 4.78 is 53.7. The Bertz CT molecular complexity index is 983. The van der Waals surface area contributed by atoms with E-state index >= 15 is 0 Å². The highest BCUT2D eigenvalue weighted by Crippen LogP contribution is 2.35. The smallest absolute Gasteiger partial charge is 0.388 e. The van der Waals surface area contributed by atoms with Crippen molar-refractivity contribution in [1.29, 1.82) is 0 Å². The van der Waals surface area contributed by atoms with Gasteiger partial charge >= 0.3 is 6.18 Å². The molecule has 0 saturated heterocycles. The quantitative estimate of drug-likeness (QED) is 0.511. The zero-order chi connectivity index (χ0) is 20.0. The number of anilines is 1. The van der Waals surface area contributed by atoms with Crippen molar-refractivity contribution in [3.8, 4) is 0 Å². The summed E-state index contributed by atoms with van der Waals surface area (Å²) in [5, 5.41) is 17.5. The second kappa shape index (κ2) is 6.61. The van der Waals surface area contributed by atoms with Gasteiger partial charge in [-0.3, -0.25) is 0 Å². The second-order valence-electron chi connectivity index (χ2n) is 6.40. The fraction of sp³-hybridized carbons (Fsp3) is 0.312. The third kappa shape index (κ3) is 3.96. The number of hydrogen-bond donors (Lipinski definition) is 2. The van der Waals surface area contributed by atoms with Gasteiger partial charge in [0.15, 0.2) is 0 Å². The molecule has 3 aromatic rings. The van der Waals surface area contributed by atoms with Crippen molar-refractivity contribution in [2.75, 3.05) is 5.32 Å². The lowest BCUT2D eigenvalue weighted by atomic mass is 9.91. The number of hydrogen-bond acceptors (Lipinski definition) is 5. The molecule has 6 nitrogen and oxygen atoms in total. The highest BCUT2D eigenvalue weighted by Gasteiger charge is 2.36. The number of halogens is 5. The molecular formula is C16H14ClF4N5O. The Morgan fingerprint density at radius 1 is 1.22 bits per heavy atom. The molecule has 2 aromatic heterocycles. The highest BCUT2D eigenvalue weighted by atomic mass is 35.5. The average Bonchev–Trinajstić information content (AvgIpc) is 2.98. The molecule has 1 aromatic carbocycles. The van der Waals surface area contributed by atoms with Crippen LogP contribution in [0, 0.1) is 5.82 Å². The van der Waals surface area contributed by atoms with Crippen LogP contribution in [0.5, 0.6) is 0 Å². The molecule has 0 bridgehead atoms. The van der Waals surface area contributed by atoms with Crippen LogP contribution in [-0.2, 0) is 6.18 Å². The van der Waals surface area contributed by atoms with Gasteiger partial charge < -0.3 is 10.4 Å². The van der Waals surface area contributed by atoms with E-state index in [0.717, 1.165) is 12.1 Å². The van der Waals surface area contributed by atoms with E-state index in [1.807, 2.05) is 0 Å². The standard InChI is InChI=1S/C16H14ClF4N5O/c1-15(2,27)13(8-3-4-9(10(18)5-8)16(19,20)21)25-12-6-11(17)24-14-22-7-23-26(12)14/h3-7,13,25,27H,1-2H3. The van der Waals surface area contributed by atoms with Crippen LogP contribution in [0.25, 0.3) is 5.78 Å². The third-order valence-corrected chi connectivity index (χ3v) is 4.04. The number of fused-ring (bicyclic) bond motifs is 1. The lowest BCUT2D eigenvalue weighted by Gasteiger charge is -2.31. The summed E-state index contributed by atoms with van der Waals surface area (Å²) in [7, 11) is 0. The second-order valence-corrected chi connectivity index (χ2v) is 6.79. The fourth-order valence-electron chi connectivity index (χ4n) is 2.64. The van der Waals surface area contributed by atoms with Crippen LogP contribution in [0.4, 0.5) is 23.4 Å². The van der Waals surface area contributed by atoms with Crippen molar-refractivity contribution in [3.05, 3.63) is 52.7 Å². The highest BCUT2D eigenvalue weighted by molar-refractivity contribution is 6.29. The molecule has 144 valence electrons. The van der Waals surface area contributed by atoms with Crippen LogP contribution < -0.4 is 5.32 Å². The van der Waals surface area contributed by atoms with Gasteiger partial charge in [-0.1, -0.05) is 17.7 Å². The predicted octanol–water partition coefficient (Wildman–Crippen LogP) is 3.86. The molecule has 0 aliphatic rings. The molecule has 0 fully saturated rings. The van der Waals surface area contributed by atoms with Crippen molar-refractivity contribution >= 4 is 23.2 Å². The molecule has 1 atom stereocenters. The van der Waals surface area contributed by atoms with Gasteiger partial charge in [0.2, 0.25) is 0 Å². The van der Waals surface area contributed by atoms with Gasteiger partial charge in [0.05, 0.1) is 17.2 Å². The molecule has 2 N–H and O–H groups in total. The van der Waals surface area contributed by atoms with E-state index in [1.54, 1.807) is 0 Å². The number of benzene rings is 1. The molecule has 2 heterocycles. The summed E-state index contributed by atoms with van der Waals surface area (Å²) in [5.41, 5.74) is -2.75. The average molecular weight is 404 g/mol. The molecule has 11 heteroatoms. The van der Waals surface area contributed by atoms with Crippen LogP contribution in [0.3, 0.4) is 0 Å². The Kier molecular flexibility index (Phi) is 4.73. The number of aromatic nitrogens is 4. The lowest BCUT2D eigenvalue weighted by molar-refractivity contribution is -0.140. The summed E-state index contributed by atoms with van der Waals surface area (Å²) in [6.45, 7) is 2.86. The zero-order valence-electron chi connectivity index (χ0n) is 14.1. The van der Waals surface area contributed by atoms with Gasteiger partial charge in [-0.15, -0.1) is 0 Å². The first-order chi connectivity index (χ1) is 12.5. The van der Waals surface area contributed by atoms with Gasteiger partial charge in [-0.25, -0.2) is 4.39 Å². The first kappa shape index (κ1) is 19.3. The normalized spacial score (nSPS) is 13.8. The summed E-state index contributed by atoms with van der Waals surface area (Å²) in [4.78, 5) is 7.86. The summed E-state index contributed by atoms with van der Waals surface area (Å²) in [6, 6.07) is 2.89. The molecule has 0 aliphatic heterocycles. The van der Waals surface area contributed by atoms with E-state index in [1.165, 1.54) is 30.8 Å². The molecule has 3 rings (SSSR count). The van der Waals surface area contributed by atoms with Crippen molar-refractivity contribution in [1.82, 2.24) is 19.6 Å². The van der Waals surface area contributed by atoms with Crippen molar-refractivity contribution in [2.24, 2.45) is 0 Å². The zero-order valence-corrected chi connectivity index (χ0v) is 14.8. The monoisotopic (exact) mass is 403 g/mol. The summed E-state index contributed by atoms with van der Waals surface area (Å²) in [6.07, 6.45) is -3.58. The molecule has 0 saturated carbocycles. The largest absolute Gasteiger partial charge is 0.419 e. The minimum atomic E-state index is -4.81. The first-order valence-corrected chi connectivity index (χ1v) is 8.06. The maximum absolute atomic E-state index is 14.0. The Morgan fingerprint density at radius 2 is 1.93 bits per heavy atom. The van der Waals surface area contributed by atoms with Gasteiger partial charge in [-0.2, -0.15) is 32.8 Å².